The molecule has 122 valence electrons. The van der Waals surface area contributed by atoms with Crippen molar-refractivity contribution in [2.24, 2.45) is 5.14 Å². The van der Waals surface area contributed by atoms with Crippen molar-refractivity contribution in [3.8, 4) is 5.75 Å². The van der Waals surface area contributed by atoms with Gasteiger partial charge in [0.15, 0.2) is 6.61 Å². The lowest BCUT2D eigenvalue weighted by Crippen LogP contribution is -2.20. The Kier molecular flexibility index (Phi) is 5.02. The largest absolute Gasteiger partial charge is 0.483 e. The van der Waals surface area contributed by atoms with Crippen LogP contribution in [0.3, 0.4) is 0 Å². The van der Waals surface area contributed by atoms with Crippen LogP contribution in [0.1, 0.15) is 11.1 Å². The first kappa shape index (κ1) is 17.0. The van der Waals surface area contributed by atoms with Gasteiger partial charge in [0, 0.05) is 5.69 Å². The highest BCUT2D eigenvalue weighted by Gasteiger charge is 2.09. The molecule has 0 aliphatic carbocycles. The maximum atomic E-state index is 11.9. The molecule has 0 aliphatic rings. The number of sulfonamides is 1. The molecule has 1 amide bonds. The number of nitrogens with one attached hydrogen (secondary N) is 1. The van der Waals surface area contributed by atoms with Crippen molar-refractivity contribution in [2.45, 2.75) is 18.7 Å². The maximum absolute atomic E-state index is 11.9. The predicted octanol–water partition coefficient (Wildman–Crippen LogP) is 1.97. The number of amides is 1. The summed E-state index contributed by atoms with van der Waals surface area (Å²) in [6.45, 7) is 3.76. The first-order chi connectivity index (χ1) is 10.8. The van der Waals surface area contributed by atoms with Crippen LogP contribution in [0.5, 0.6) is 5.75 Å². The van der Waals surface area contributed by atoms with E-state index in [1.54, 1.807) is 6.07 Å². The topological polar surface area (TPSA) is 98.5 Å². The monoisotopic (exact) mass is 334 g/mol. The molecule has 0 radical (unpaired) electrons. The van der Waals surface area contributed by atoms with Crippen LogP contribution < -0.4 is 15.2 Å². The number of benzene rings is 2. The molecule has 0 aliphatic heterocycles. The van der Waals surface area contributed by atoms with Crippen LogP contribution in [-0.4, -0.2) is 20.9 Å². The molecule has 7 heteroatoms. The molecular formula is C16H18N2O4S. The SMILES string of the molecule is Cc1cccc(OCC(=O)Nc2ccc(S(N)(=O)=O)cc2)c1C. The molecule has 0 atom stereocenters. The van der Waals surface area contributed by atoms with Crippen LogP contribution in [0.2, 0.25) is 0 Å². The Morgan fingerprint density at radius 2 is 1.78 bits per heavy atom. The summed E-state index contributed by atoms with van der Waals surface area (Å²) in [5.74, 6) is 0.319. The fraction of sp³-hybridized carbons (Fsp3) is 0.188. The van der Waals surface area contributed by atoms with Crippen molar-refractivity contribution in [3.05, 3.63) is 53.6 Å². The van der Waals surface area contributed by atoms with Gasteiger partial charge in [-0.05, 0) is 55.3 Å². The van der Waals surface area contributed by atoms with Crippen LogP contribution >= 0.6 is 0 Å². The molecule has 0 fully saturated rings. The first-order valence-electron chi connectivity index (χ1n) is 6.89. The minimum absolute atomic E-state index is 0.0119. The Morgan fingerprint density at radius 1 is 1.13 bits per heavy atom. The second-order valence-electron chi connectivity index (χ2n) is 5.10. The van der Waals surface area contributed by atoms with Gasteiger partial charge in [-0.25, -0.2) is 13.6 Å². The summed E-state index contributed by atoms with van der Waals surface area (Å²) in [5.41, 5.74) is 2.53. The van der Waals surface area contributed by atoms with Gasteiger partial charge in [0.25, 0.3) is 5.91 Å². The second-order valence-corrected chi connectivity index (χ2v) is 6.67. The van der Waals surface area contributed by atoms with Gasteiger partial charge < -0.3 is 10.1 Å². The number of anilines is 1. The normalized spacial score (nSPS) is 11.1. The Labute approximate surface area is 135 Å². The third kappa shape index (κ3) is 4.54. The van der Waals surface area contributed by atoms with E-state index < -0.39 is 10.0 Å². The molecular weight excluding hydrogens is 316 g/mol. The molecule has 0 bridgehead atoms. The van der Waals surface area contributed by atoms with Crippen LogP contribution in [0.4, 0.5) is 5.69 Å². The zero-order valence-corrected chi connectivity index (χ0v) is 13.7. The number of primary sulfonamides is 1. The zero-order chi connectivity index (χ0) is 17.0. The van der Waals surface area contributed by atoms with Crippen LogP contribution in [-0.2, 0) is 14.8 Å². The molecule has 23 heavy (non-hydrogen) atoms. The van der Waals surface area contributed by atoms with Gasteiger partial charge >= 0.3 is 0 Å². The number of nitrogens with two attached hydrogens (primary N) is 1. The van der Waals surface area contributed by atoms with E-state index in [1.165, 1.54) is 24.3 Å². The lowest BCUT2D eigenvalue weighted by molar-refractivity contribution is -0.118. The minimum Gasteiger partial charge on any atom is -0.483 e. The molecule has 0 spiro atoms. The quantitative estimate of drug-likeness (QED) is 0.873. The molecule has 0 saturated carbocycles. The molecule has 2 aromatic carbocycles. The average Bonchev–Trinajstić information content (AvgIpc) is 2.48. The van der Waals surface area contributed by atoms with E-state index in [-0.39, 0.29) is 17.4 Å². The number of hydrogen-bond donors (Lipinski definition) is 2. The van der Waals surface area contributed by atoms with Crippen molar-refractivity contribution in [3.63, 3.8) is 0 Å². The van der Waals surface area contributed by atoms with Gasteiger partial charge in [0.05, 0.1) is 4.90 Å². The molecule has 6 nitrogen and oxygen atoms in total. The Bertz CT molecular complexity index is 814. The van der Waals surface area contributed by atoms with Gasteiger partial charge in [-0.1, -0.05) is 12.1 Å². The van der Waals surface area contributed by atoms with Crippen molar-refractivity contribution in [2.75, 3.05) is 11.9 Å². The number of carbonyl (C=O) groups excluding carboxylic acids is 1. The average molecular weight is 334 g/mol. The second kappa shape index (κ2) is 6.80. The maximum Gasteiger partial charge on any atom is 0.262 e. The third-order valence-corrected chi connectivity index (χ3v) is 4.31. The molecule has 0 saturated heterocycles. The minimum atomic E-state index is -3.74. The number of ether oxygens (including phenoxy) is 1. The Hall–Kier alpha value is -2.38. The molecule has 0 heterocycles. The zero-order valence-electron chi connectivity index (χ0n) is 12.9. The van der Waals surface area contributed by atoms with E-state index in [0.717, 1.165) is 11.1 Å². The van der Waals surface area contributed by atoms with Crippen molar-refractivity contribution < 1.29 is 17.9 Å². The molecule has 2 aromatic rings. The van der Waals surface area contributed by atoms with Gasteiger partial charge in [0.2, 0.25) is 10.0 Å². The summed E-state index contributed by atoms with van der Waals surface area (Å²) in [5, 5.41) is 7.64. The van der Waals surface area contributed by atoms with Gasteiger partial charge in [-0.3, -0.25) is 4.79 Å². The molecule has 2 rings (SSSR count). The highest BCUT2D eigenvalue weighted by molar-refractivity contribution is 7.89. The summed E-state index contributed by atoms with van der Waals surface area (Å²) in [6, 6.07) is 11.2. The number of aryl methyl sites for hydroxylation is 1. The van der Waals surface area contributed by atoms with Crippen LogP contribution in [0, 0.1) is 13.8 Å². The predicted molar refractivity (Wildman–Crippen MR) is 87.9 cm³/mol. The lowest BCUT2D eigenvalue weighted by Gasteiger charge is -2.11. The van der Waals surface area contributed by atoms with E-state index >= 15 is 0 Å². The summed E-state index contributed by atoms with van der Waals surface area (Å²) in [6.07, 6.45) is 0. The Morgan fingerprint density at radius 3 is 2.39 bits per heavy atom. The molecule has 0 aromatic heterocycles. The van der Waals surface area contributed by atoms with Gasteiger partial charge in [-0.2, -0.15) is 0 Å². The van der Waals surface area contributed by atoms with Gasteiger partial charge in [0.1, 0.15) is 5.75 Å². The first-order valence-corrected chi connectivity index (χ1v) is 8.44. The smallest absolute Gasteiger partial charge is 0.262 e. The van der Waals surface area contributed by atoms with E-state index in [9.17, 15) is 13.2 Å². The molecule has 0 unspecified atom stereocenters. The summed E-state index contributed by atoms with van der Waals surface area (Å²) in [7, 11) is -3.74. The van der Waals surface area contributed by atoms with Crippen LogP contribution in [0.15, 0.2) is 47.4 Å². The highest BCUT2D eigenvalue weighted by Crippen LogP contribution is 2.20. The fourth-order valence-corrected chi connectivity index (χ4v) is 2.46. The van der Waals surface area contributed by atoms with Crippen molar-refractivity contribution in [1.29, 1.82) is 0 Å². The third-order valence-electron chi connectivity index (χ3n) is 3.38. The summed E-state index contributed by atoms with van der Waals surface area (Å²) in [4.78, 5) is 11.9. The molecule has 3 N–H and O–H groups in total. The van der Waals surface area contributed by atoms with Crippen molar-refractivity contribution in [1.82, 2.24) is 0 Å². The van der Waals surface area contributed by atoms with E-state index in [4.69, 9.17) is 9.88 Å². The van der Waals surface area contributed by atoms with E-state index in [2.05, 4.69) is 5.32 Å². The Balaban J connectivity index is 1.96. The van der Waals surface area contributed by atoms with E-state index in [0.29, 0.717) is 11.4 Å². The number of hydrogen-bond acceptors (Lipinski definition) is 4. The highest BCUT2D eigenvalue weighted by atomic mass is 32.2. The van der Waals surface area contributed by atoms with Gasteiger partial charge in [-0.15, -0.1) is 0 Å². The van der Waals surface area contributed by atoms with E-state index in [1.807, 2.05) is 26.0 Å². The number of carbonyl (C=O) groups is 1. The van der Waals surface area contributed by atoms with Crippen LogP contribution in [0.25, 0.3) is 0 Å². The summed E-state index contributed by atoms with van der Waals surface area (Å²) >= 11 is 0. The standard InChI is InChI=1S/C16H18N2O4S/c1-11-4-3-5-15(12(11)2)22-10-16(19)18-13-6-8-14(9-7-13)23(17,20)21/h3-9H,10H2,1-2H3,(H,18,19)(H2,17,20,21). The summed E-state index contributed by atoms with van der Waals surface area (Å²) < 4.78 is 27.8. The number of rotatable bonds is 5. The van der Waals surface area contributed by atoms with Crippen molar-refractivity contribution >= 4 is 21.6 Å². The fourth-order valence-electron chi connectivity index (χ4n) is 1.95. The lowest BCUT2D eigenvalue weighted by atomic mass is 10.1.